The van der Waals surface area contributed by atoms with Gasteiger partial charge in [0, 0.05) is 0 Å². The molecule has 0 bridgehead atoms. The lowest BCUT2D eigenvalue weighted by atomic mass is 10.1. The highest BCUT2D eigenvalue weighted by Gasteiger charge is 2.20. The van der Waals surface area contributed by atoms with Crippen molar-refractivity contribution in [1.82, 2.24) is 4.84 Å². The summed E-state index contributed by atoms with van der Waals surface area (Å²) in [7, 11) is 1.34. The van der Waals surface area contributed by atoms with Crippen molar-refractivity contribution in [2.45, 2.75) is 19.9 Å². The Bertz CT molecular complexity index is 116. The fourth-order valence-electron chi connectivity index (χ4n) is 0.570. The molecule has 0 amide bonds. The van der Waals surface area contributed by atoms with Gasteiger partial charge in [-0.15, -0.1) is 0 Å². The van der Waals surface area contributed by atoms with Crippen molar-refractivity contribution in [1.29, 1.82) is 0 Å². The van der Waals surface area contributed by atoms with Crippen LogP contribution < -0.4 is 4.84 Å². The second kappa shape index (κ2) is 4.52. The van der Waals surface area contributed by atoms with Crippen molar-refractivity contribution in [3.8, 4) is 0 Å². The van der Waals surface area contributed by atoms with E-state index in [1.54, 1.807) is 0 Å². The Morgan fingerprint density at radius 1 is 1.60 bits per heavy atom. The van der Waals surface area contributed by atoms with Crippen LogP contribution in [-0.4, -0.2) is 19.1 Å². The van der Waals surface area contributed by atoms with Crippen LogP contribution >= 0.6 is 11.8 Å². The molecule has 0 aromatic carbocycles. The second-order valence-corrected chi connectivity index (χ2v) is 2.57. The molecule has 1 atom stereocenters. The van der Waals surface area contributed by atoms with Gasteiger partial charge < -0.3 is 4.74 Å². The Morgan fingerprint density at radius 3 is 2.20 bits per heavy atom. The fraction of sp³-hybridized carbons (Fsp3) is 0.833. The van der Waals surface area contributed by atoms with E-state index < -0.39 is 6.04 Å². The maximum Gasteiger partial charge on any atom is 0.324 e. The maximum absolute atomic E-state index is 10.8. The van der Waals surface area contributed by atoms with Gasteiger partial charge in [-0.05, 0) is 17.7 Å². The van der Waals surface area contributed by atoms with Crippen molar-refractivity contribution in [3.05, 3.63) is 0 Å². The Balaban J connectivity index is 3.93. The quantitative estimate of drug-likeness (QED) is 0.500. The van der Waals surface area contributed by atoms with Crippen LogP contribution in [0.15, 0.2) is 0 Å². The molecule has 0 saturated carbocycles. The first-order valence-corrected chi connectivity index (χ1v) is 3.45. The van der Waals surface area contributed by atoms with Gasteiger partial charge >= 0.3 is 5.97 Å². The molecule has 0 aromatic heterocycles. The van der Waals surface area contributed by atoms with Crippen molar-refractivity contribution >= 4 is 17.7 Å². The second-order valence-electron chi connectivity index (χ2n) is 2.35. The first kappa shape index (κ1) is 9.72. The average Bonchev–Trinajstić information content (AvgIpc) is 1.88. The van der Waals surface area contributed by atoms with Gasteiger partial charge in [0.05, 0.1) is 7.11 Å². The van der Waals surface area contributed by atoms with E-state index in [0.717, 1.165) is 0 Å². The van der Waals surface area contributed by atoms with Gasteiger partial charge in [-0.1, -0.05) is 13.8 Å². The topological polar surface area (TPSA) is 38.3 Å². The van der Waals surface area contributed by atoms with Crippen molar-refractivity contribution < 1.29 is 9.53 Å². The zero-order chi connectivity index (χ0) is 8.15. The number of nitrogens with one attached hydrogen (secondary N) is 1. The first-order chi connectivity index (χ1) is 4.63. The molecule has 4 heteroatoms. The molecule has 0 rings (SSSR count). The molecule has 0 unspecified atom stereocenters. The summed E-state index contributed by atoms with van der Waals surface area (Å²) in [4.78, 5) is 13.2. The predicted octanol–water partition coefficient (Wildman–Crippen LogP) is 0.927. The molecule has 60 valence electrons. The standard InChI is InChI=1S/C6H12ClNO2/c1-4(2)5(8-7)6(9)10-3/h4-5,8H,1-3H3/t5-/m0/s1. The van der Waals surface area contributed by atoms with Crippen LogP contribution in [0.1, 0.15) is 13.8 Å². The Morgan fingerprint density at radius 2 is 2.10 bits per heavy atom. The van der Waals surface area contributed by atoms with Gasteiger partial charge in [0.2, 0.25) is 0 Å². The molecule has 3 nitrogen and oxygen atoms in total. The molecule has 0 aliphatic heterocycles. The summed E-state index contributed by atoms with van der Waals surface area (Å²) in [5, 5.41) is 0. The number of hydrogen-bond donors (Lipinski definition) is 1. The van der Waals surface area contributed by atoms with E-state index in [9.17, 15) is 4.79 Å². The third kappa shape index (κ3) is 2.54. The SMILES string of the molecule is COC(=O)[C@@H](NCl)C(C)C. The number of esters is 1. The molecule has 0 aliphatic carbocycles. The van der Waals surface area contributed by atoms with Gasteiger partial charge in [-0.2, -0.15) is 0 Å². The number of hydrogen-bond acceptors (Lipinski definition) is 3. The smallest absolute Gasteiger partial charge is 0.324 e. The Labute approximate surface area is 65.8 Å². The van der Waals surface area contributed by atoms with Crippen LogP contribution in [0.5, 0.6) is 0 Å². The van der Waals surface area contributed by atoms with Crippen molar-refractivity contribution in [2.24, 2.45) is 5.92 Å². The molecular weight excluding hydrogens is 154 g/mol. The lowest BCUT2D eigenvalue weighted by Crippen LogP contribution is -2.36. The predicted molar refractivity (Wildman–Crippen MR) is 39.6 cm³/mol. The van der Waals surface area contributed by atoms with E-state index in [4.69, 9.17) is 11.8 Å². The lowest BCUT2D eigenvalue weighted by Gasteiger charge is -2.14. The summed E-state index contributed by atoms with van der Waals surface area (Å²) in [6.45, 7) is 3.77. The summed E-state index contributed by atoms with van der Waals surface area (Å²) >= 11 is 5.29. The molecule has 0 spiro atoms. The molecule has 0 radical (unpaired) electrons. The zero-order valence-electron chi connectivity index (χ0n) is 6.35. The van der Waals surface area contributed by atoms with E-state index in [2.05, 4.69) is 9.57 Å². The van der Waals surface area contributed by atoms with Crippen LogP contribution in [0.3, 0.4) is 0 Å². The molecule has 0 aliphatic rings. The van der Waals surface area contributed by atoms with Gasteiger partial charge in [-0.25, -0.2) is 4.84 Å². The van der Waals surface area contributed by atoms with Crippen LogP contribution in [0.25, 0.3) is 0 Å². The molecule has 10 heavy (non-hydrogen) atoms. The Kier molecular flexibility index (Phi) is 4.40. The van der Waals surface area contributed by atoms with E-state index in [-0.39, 0.29) is 11.9 Å². The third-order valence-corrected chi connectivity index (χ3v) is 1.47. The van der Waals surface area contributed by atoms with Gasteiger partial charge in [0.25, 0.3) is 0 Å². The van der Waals surface area contributed by atoms with Crippen LogP contribution in [0.4, 0.5) is 0 Å². The van der Waals surface area contributed by atoms with Gasteiger partial charge in [-0.3, -0.25) is 4.79 Å². The van der Waals surface area contributed by atoms with E-state index in [0.29, 0.717) is 0 Å². The highest BCUT2D eigenvalue weighted by atomic mass is 35.5. The summed E-state index contributed by atoms with van der Waals surface area (Å²) < 4.78 is 4.48. The van der Waals surface area contributed by atoms with E-state index in [1.807, 2.05) is 13.8 Å². The molecule has 0 saturated heterocycles. The van der Waals surface area contributed by atoms with E-state index in [1.165, 1.54) is 7.11 Å². The molecular formula is C6H12ClNO2. The average molecular weight is 166 g/mol. The molecule has 0 fully saturated rings. The van der Waals surface area contributed by atoms with Crippen molar-refractivity contribution in [3.63, 3.8) is 0 Å². The summed E-state index contributed by atoms with van der Waals surface area (Å²) in [6, 6.07) is -0.410. The number of methoxy groups -OCH3 is 1. The van der Waals surface area contributed by atoms with Crippen LogP contribution in [0.2, 0.25) is 0 Å². The highest BCUT2D eigenvalue weighted by Crippen LogP contribution is 2.03. The summed E-state index contributed by atoms with van der Waals surface area (Å²) in [6.07, 6.45) is 0. The number of carbonyl (C=O) groups is 1. The van der Waals surface area contributed by atoms with Crippen molar-refractivity contribution in [2.75, 3.05) is 7.11 Å². The minimum Gasteiger partial charge on any atom is -0.468 e. The third-order valence-electron chi connectivity index (χ3n) is 1.24. The first-order valence-electron chi connectivity index (χ1n) is 3.07. The molecule has 1 N–H and O–H groups in total. The number of ether oxygens (including phenoxy) is 1. The largest absolute Gasteiger partial charge is 0.468 e. The molecule has 0 heterocycles. The highest BCUT2D eigenvalue weighted by molar-refractivity contribution is 6.14. The number of halogens is 1. The zero-order valence-corrected chi connectivity index (χ0v) is 7.11. The fourth-order valence-corrected chi connectivity index (χ4v) is 0.911. The minimum atomic E-state index is -0.410. The number of carbonyl (C=O) groups excluding carboxylic acids is 1. The van der Waals surface area contributed by atoms with Crippen LogP contribution in [0, 0.1) is 5.92 Å². The minimum absolute atomic E-state index is 0.143. The number of rotatable bonds is 3. The van der Waals surface area contributed by atoms with Gasteiger partial charge in [0.15, 0.2) is 0 Å². The molecule has 0 aromatic rings. The Hall–Kier alpha value is -0.280. The normalized spacial score (nSPS) is 13.3. The monoisotopic (exact) mass is 165 g/mol. The van der Waals surface area contributed by atoms with Crippen LogP contribution in [-0.2, 0) is 9.53 Å². The summed E-state index contributed by atoms with van der Waals surface area (Å²) in [5.74, 6) is -0.185. The lowest BCUT2D eigenvalue weighted by molar-refractivity contribution is -0.143. The summed E-state index contributed by atoms with van der Waals surface area (Å²) in [5.41, 5.74) is 0. The van der Waals surface area contributed by atoms with E-state index >= 15 is 0 Å². The maximum atomic E-state index is 10.8. The van der Waals surface area contributed by atoms with Gasteiger partial charge in [0.1, 0.15) is 6.04 Å².